The van der Waals surface area contributed by atoms with Crippen LogP contribution in [0, 0.1) is 22.0 Å². The number of halogens is 1. The highest BCUT2D eigenvalue weighted by molar-refractivity contribution is 6.29. The number of hydrogen-bond donors (Lipinski definition) is 3. The molecular weight excluding hydrogens is 328 g/mol. The maximum atomic E-state index is 12.3. The van der Waals surface area contributed by atoms with Gasteiger partial charge in [0.2, 0.25) is 5.91 Å². The number of nitrogens with zero attached hydrogens (tertiary/aromatic N) is 1. The Morgan fingerprint density at radius 1 is 1.35 bits per heavy atom. The molecule has 0 aliphatic heterocycles. The van der Waals surface area contributed by atoms with E-state index in [0.29, 0.717) is 5.03 Å². The number of rotatable bonds is 4. The van der Waals surface area contributed by atoms with Crippen LogP contribution in [0.4, 0.5) is 11.4 Å². The van der Waals surface area contributed by atoms with E-state index in [1.165, 1.54) is 0 Å². The molecule has 8 nitrogen and oxygen atoms in total. The van der Waals surface area contributed by atoms with Crippen molar-refractivity contribution in [2.45, 2.75) is 12.8 Å². The average molecular weight is 341 g/mol. The number of amides is 1. The molecule has 0 fully saturated rings. The fourth-order valence-electron chi connectivity index (χ4n) is 2.37. The van der Waals surface area contributed by atoms with Crippen molar-refractivity contribution >= 4 is 34.9 Å². The number of nitro benzene ring substituents is 1. The molecule has 122 valence electrons. The Kier molecular flexibility index (Phi) is 4.85. The highest BCUT2D eigenvalue weighted by Gasteiger charge is 2.36. The molecule has 1 aliphatic carbocycles. The van der Waals surface area contributed by atoms with Crippen LogP contribution < -0.4 is 5.32 Å². The average Bonchev–Trinajstić information content (AvgIpc) is 2.48. The van der Waals surface area contributed by atoms with E-state index in [2.05, 4.69) is 5.32 Å². The SMILES string of the molecule is O=C(Nc1cc([N+](=O)[O-])ccc1O)[C@H]1CC(Cl)=CC[C@H]1C(=O)O. The highest BCUT2D eigenvalue weighted by atomic mass is 35.5. The van der Waals surface area contributed by atoms with E-state index in [1.807, 2.05) is 0 Å². The lowest BCUT2D eigenvalue weighted by atomic mass is 9.82. The van der Waals surface area contributed by atoms with Gasteiger partial charge in [-0.25, -0.2) is 0 Å². The number of carbonyl (C=O) groups excluding carboxylic acids is 1. The van der Waals surface area contributed by atoms with Crippen molar-refractivity contribution < 1.29 is 24.7 Å². The highest BCUT2D eigenvalue weighted by Crippen LogP contribution is 2.34. The quantitative estimate of drug-likeness (QED) is 0.438. The lowest BCUT2D eigenvalue weighted by Crippen LogP contribution is -2.35. The number of non-ortho nitro benzene ring substituents is 1. The summed E-state index contributed by atoms with van der Waals surface area (Å²) >= 11 is 5.88. The van der Waals surface area contributed by atoms with Crippen LogP contribution in [0.3, 0.4) is 0 Å². The van der Waals surface area contributed by atoms with Gasteiger partial charge in [-0.05, 0) is 18.9 Å². The molecule has 1 aromatic rings. The number of aliphatic carboxylic acids is 1. The molecule has 0 heterocycles. The number of aromatic hydroxyl groups is 1. The van der Waals surface area contributed by atoms with Gasteiger partial charge in [0.15, 0.2) is 0 Å². The molecule has 9 heteroatoms. The van der Waals surface area contributed by atoms with Gasteiger partial charge < -0.3 is 15.5 Å². The molecule has 0 saturated heterocycles. The Balaban J connectivity index is 2.24. The molecule has 0 unspecified atom stereocenters. The summed E-state index contributed by atoms with van der Waals surface area (Å²) in [5.41, 5.74) is -0.464. The van der Waals surface area contributed by atoms with Crippen molar-refractivity contribution in [3.63, 3.8) is 0 Å². The van der Waals surface area contributed by atoms with Crippen LogP contribution in [-0.4, -0.2) is 27.0 Å². The second-order valence-electron chi connectivity index (χ2n) is 5.09. The predicted octanol–water partition coefficient (Wildman–Crippen LogP) is 2.47. The number of carbonyl (C=O) groups is 2. The van der Waals surface area contributed by atoms with Crippen molar-refractivity contribution in [2.75, 3.05) is 5.32 Å². The summed E-state index contributed by atoms with van der Waals surface area (Å²) in [5.74, 6) is -4.02. The van der Waals surface area contributed by atoms with Crippen LogP contribution in [0.5, 0.6) is 5.75 Å². The van der Waals surface area contributed by atoms with E-state index in [4.69, 9.17) is 11.6 Å². The molecule has 2 rings (SSSR count). The zero-order chi connectivity index (χ0) is 17.1. The Labute approximate surface area is 135 Å². The lowest BCUT2D eigenvalue weighted by molar-refractivity contribution is -0.384. The second-order valence-corrected chi connectivity index (χ2v) is 5.58. The van der Waals surface area contributed by atoms with E-state index in [9.17, 15) is 29.9 Å². The minimum absolute atomic E-state index is 0.0556. The Morgan fingerprint density at radius 2 is 2.04 bits per heavy atom. The minimum Gasteiger partial charge on any atom is -0.506 e. The molecule has 0 spiro atoms. The summed E-state index contributed by atoms with van der Waals surface area (Å²) < 4.78 is 0. The minimum atomic E-state index is -1.13. The van der Waals surface area contributed by atoms with Crippen LogP contribution >= 0.6 is 11.6 Å². The number of phenols is 1. The van der Waals surface area contributed by atoms with E-state index in [-0.39, 0.29) is 30.0 Å². The summed E-state index contributed by atoms with van der Waals surface area (Å²) in [4.78, 5) is 33.6. The maximum absolute atomic E-state index is 12.3. The topological polar surface area (TPSA) is 130 Å². The monoisotopic (exact) mass is 340 g/mol. The van der Waals surface area contributed by atoms with Crippen molar-refractivity contribution in [1.82, 2.24) is 0 Å². The first kappa shape index (κ1) is 16.8. The standard InChI is InChI=1S/C14H13ClN2O6/c15-7-1-3-9(14(20)21)10(5-7)13(19)16-11-6-8(17(22)23)2-4-12(11)18/h1-2,4,6,9-10,18H,3,5H2,(H,16,19)(H,20,21)/t9-,10+/m1/s1. The normalized spacial score (nSPS) is 20.5. The zero-order valence-electron chi connectivity index (χ0n) is 11.7. The number of allylic oxidation sites excluding steroid dienone is 2. The third-order valence-electron chi connectivity index (χ3n) is 3.60. The van der Waals surface area contributed by atoms with Crippen LogP contribution in [0.25, 0.3) is 0 Å². The van der Waals surface area contributed by atoms with Crippen molar-refractivity contribution in [3.05, 3.63) is 39.4 Å². The molecule has 0 aromatic heterocycles. The summed E-state index contributed by atoms with van der Waals surface area (Å²) in [6.07, 6.45) is 1.72. The molecule has 23 heavy (non-hydrogen) atoms. The fraction of sp³-hybridized carbons (Fsp3) is 0.286. The molecule has 1 aliphatic rings. The van der Waals surface area contributed by atoms with Crippen LogP contribution in [0.15, 0.2) is 29.3 Å². The van der Waals surface area contributed by atoms with Crippen molar-refractivity contribution in [3.8, 4) is 5.75 Å². The van der Waals surface area contributed by atoms with Crippen LogP contribution in [0.2, 0.25) is 0 Å². The first-order valence-electron chi connectivity index (χ1n) is 6.65. The molecule has 0 radical (unpaired) electrons. The summed E-state index contributed by atoms with van der Waals surface area (Å²) in [6, 6.07) is 3.17. The van der Waals surface area contributed by atoms with Crippen LogP contribution in [-0.2, 0) is 9.59 Å². The first-order valence-corrected chi connectivity index (χ1v) is 7.03. The number of carboxylic acid groups (broad SMARTS) is 1. The van der Waals surface area contributed by atoms with E-state index < -0.39 is 28.6 Å². The molecule has 1 aromatic carbocycles. The van der Waals surface area contributed by atoms with Gasteiger partial charge in [-0.1, -0.05) is 17.7 Å². The van der Waals surface area contributed by atoms with Gasteiger partial charge in [0.05, 0.1) is 22.4 Å². The summed E-state index contributed by atoms with van der Waals surface area (Å²) in [7, 11) is 0. The molecule has 0 saturated carbocycles. The summed E-state index contributed by atoms with van der Waals surface area (Å²) in [5, 5.41) is 32.4. The molecule has 0 bridgehead atoms. The number of benzene rings is 1. The van der Waals surface area contributed by atoms with Crippen molar-refractivity contribution in [2.24, 2.45) is 11.8 Å². The van der Waals surface area contributed by atoms with Gasteiger partial charge in [-0.3, -0.25) is 19.7 Å². The van der Waals surface area contributed by atoms with Gasteiger partial charge in [0.25, 0.3) is 5.69 Å². The van der Waals surface area contributed by atoms with Gasteiger partial charge >= 0.3 is 5.97 Å². The zero-order valence-corrected chi connectivity index (χ0v) is 12.5. The summed E-state index contributed by atoms with van der Waals surface area (Å²) in [6.45, 7) is 0. The Morgan fingerprint density at radius 3 is 2.65 bits per heavy atom. The lowest BCUT2D eigenvalue weighted by Gasteiger charge is -2.25. The third-order valence-corrected chi connectivity index (χ3v) is 3.91. The molecular formula is C14H13ClN2O6. The first-order chi connectivity index (χ1) is 10.8. The number of nitrogens with one attached hydrogen (secondary N) is 1. The molecule has 1 amide bonds. The van der Waals surface area contributed by atoms with E-state index in [1.54, 1.807) is 6.08 Å². The Bertz CT molecular complexity index is 703. The number of carboxylic acids is 1. The number of nitro groups is 1. The van der Waals surface area contributed by atoms with Crippen LogP contribution in [0.1, 0.15) is 12.8 Å². The number of hydrogen-bond acceptors (Lipinski definition) is 5. The largest absolute Gasteiger partial charge is 0.506 e. The third kappa shape index (κ3) is 3.78. The van der Waals surface area contributed by atoms with Gasteiger partial charge in [-0.15, -0.1) is 0 Å². The maximum Gasteiger partial charge on any atom is 0.307 e. The van der Waals surface area contributed by atoms with E-state index >= 15 is 0 Å². The van der Waals surface area contributed by atoms with Gasteiger partial charge in [0.1, 0.15) is 5.75 Å². The number of phenolic OH excluding ortho intramolecular Hbond substituents is 1. The van der Waals surface area contributed by atoms with Gasteiger partial charge in [0, 0.05) is 17.2 Å². The second kappa shape index (κ2) is 6.66. The Hall–Kier alpha value is -2.61. The predicted molar refractivity (Wildman–Crippen MR) is 81.2 cm³/mol. The smallest absolute Gasteiger partial charge is 0.307 e. The molecule has 3 N–H and O–H groups in total. The van der Waals surface area contributed by atoms with E-state index in [0.717, 1.165) is 18.2 Å². The fourth-order valence-corrected chi connectivity index (χ4v) is 2.62. The van der Waals surface area contributed by atoms with Crippen molar-refractivity contribution in [1.29, 1.82) is 0 Å². The number of anilines is 1. The van der Waals surface area contributed by atoms with Gasteiger partial charge in [-0.2, -0.15) is 0 Å². The molecule has 2 atom stereocenters.